The molecule has 1 aliphatic rings. The third-order valence-electron chi connectivity index (χ3n) is 3.97. The van der Waals surface area contributed by atoms with E-state index < -0.39 is 0 Å². The molecule has 1 atom stereocenters. The lowest BCUT2D eigenvalue weighted by molar-refractivity contribution is 0.193. The van der Waals surface area contributed by atoms with Crippen LogP contribution in [0.15, 0.2) is 30.3 Å². The van der Waals surface area contributed by atoms with Crippen molar-refractivity contribution in [2.45, 2.75) is 31.7 Å². The zero-order chi connectivity index (χ0) is 12.8. The van der Waals surface area contributed by atoms with Crippen LogP contribution < -0.4 is 5.32 Å². The van der Waals surface area contributed by atoms with Crippen LogP contribution in [-0.2, 0) is 0 Å². The summed E-state index contributed by atoms with van der Waals surface area (Å²) in [4.78, 5) is 2.46. The Bertz CT molecular complexity index is 355. The van der Waals surface area contributed by atoms with Crippen molar-refractivity contribution in [1.82, 2.24) is 4.90 Å². The van der Waals surface area contributed by atoms with E-state index in [1.54, 1.807) is 0 Å². The predicted octanol–water partition coefficient (Wildman–Crippen LogP) is 2.34. The molecule has 3 heteroatoms. The van der Waals surface area contributed by atoms with Crippen LogP contribution in [0.25, 0.3) is 0 Å². The Balaban J connectivity index is 2.06. The number of aliphatic hydroxyl groups is 1. The van der Waals surface area contributed by atoms with Crippen molar-refractivity contribution < 1.29 is 5.11 Å². The van der Waals surface area contributed by atoms with Crippen molar-refractivity contribution in [1.29, 1.82) is 0 Å². The van der Waals surface area contributed by atoms with Gasteiger partial charge in [0.25, 0.3) is 0 Å². The zero-order valence-electron chi connectivity index (χ0n) is 11.2. The van der Waals surface area contributed by atoms with E-state index in [0.717, 1.165) is 44.6 Å². The van der Waals surface area contributed by atoms with Crippen LogP contribution in [0.5, 0.6) is 0 Å². The van der Waals surface area contributed by atoms with Gasteiger partial charge >= 0.3 is 0 Å². The van der Waals surface area contributed by atoms with Crippen LogP contribution in [0, 0.1) is 0 Å². The fourth-order valence-corrected chi connectivity index (χ4v) is 2.72. The van der Waals surface area contributed by atoms with Crippen molar-refractivity contribution in [3.05, 3.63) is 30.3 Å². The van der Waals surface area contributed by atoms with Gasteiger partial charge in [-0.2, -0.15) is 0 Å². The average Bonchev–Trinajstić information content (AvgIpc) is 2.63. The number of anilines is 1. The number of likely N-dealkylation sites (tertiary alicyclic amines) is 1. The SMILES string of the molecule is CCN1CCCC(CO)(Nc2ccccc2)CC1. The molecule has 0 spiro atoms. The largest absolute Gasteiger partial charge is 0.394 e. The predicted molar refractivity (Wildman–Crippen MR) is 75.8 cm³/mol. The second-order valence-electron chi connectivity index (χ2n) is 5.22. The fourth-order valence-electron chi connectivity index (χ4n) is 2.72. The van der Waals surface area contributed by atoms with Crippen LogP contribution in [0.4, 0.5) is 5.69 Å². The molecule has 0 amide bonds. The summed E-state index contributed by atoms with van der Waals surface area (Å²) in [6.07, 6.45) is 3.19. The molecule has 0 bridgehead atoms. The lowest BCUT2D eigenvalue weighted by Crippen LogP contribution is -2.43. The molecule has 100 valence electrons. The summed E-state index contributed by atoms with van der Waals surface area (Å²) < 4.78 is 0. The van der Waals surface area contributed by atoms with E-state index in [9.17, 15) is 5.11 Å². The first-order valence-electron chi connectivity index (χ1n) is 6.94. The van der Waals surface area contributed by atoms with Crippen LogP contribution in [0.3, 0.4) is 0 Å². The highest BCUT2D eigenvalue weighted by atomic mass is 16.3. The number of para-hydroxylation sites is 1. The van der Waals surface area contributed by atoms with E-state index >= 15 is 0 Å². The molecular formula is C15H24N2O. The normalized spacial score (nSPS) is 25.7. The summed E-state index contributed by atoms with van der Waals surface area (Å²) in [5.41, 5.74) is 0.960. The molecule has 1 aromatic rings. The smallest absolute Gasteiger partial charge is 0.0662 e. The molecule has 0 radical (unpaired) electrons. The Morgan fingerprint density at radius 1 is 1.22 bits per heavy atom. The highest BCUT2D eigenvalue weighted by Crippen LogP contribution is 2.26. The molecule has 3 nitrogen and oxygen atoms in total. The van der Waals surface area contributed by atoms with Crippen molar-refractivity contribution in [2.75, 3.05) is 31.6 Å². The third kappa shape index (κ3) is 3.24. The summed E-state index contributed by atoms with van der Waals surface area (Å²) in [5, 5.41) is 13.4. The molecule has 1 heterocycles. The van der Waals surface area contributed by atoms with E-state index in [4.69, 9.17) is 0 Å². The van der Waals surface area contributed by atoms with Gasteiger partial charge in [-0.1, -0.05) is 25.1 Å². The van der Waals surface area contributed by atoms with Crippen molar-refractivity contribution in [3.8, 4) is 0 Å². The van der Waals surface area contributed by atoms with E-state index in [0.29, 0.717) is 0 Å². The standard InChI is InChI=1S/C15H24N2O/c1-2-17-11-6-9-15(13-18,10-12-17)16-14-7-4-3-5-8-14/h3-5,7-8,16,18H,2,6,9-13H2,1H3. The Labute approximate surface area is 110 Å². The van der Waals surface area contributed by atoms with Gasteiger partial charge in [0.05, 0.1) is 12.1 Å². The minimum atomic E-state index is -0.148. The Morgan fingerprint density at radius 2 is 2.00 bits per heavy atom. The van der Waals surface area contributed by atoms with E-state index in [1.165, 1.54) is 0 Å². The van der Waals surface area contributed by atoms with Crippen LogP contribution in [0.2, 0.25) is 0 Å². The molecular weight excluding hydrogens is 224 g/mol. The number of aliphatic hydroxyl groups excluding tert-OH is 1. The summed E-state index contributed by atoms with van der Waals surface area (Å²) in [6, 6.07) is 10.2. The number of benzene rings is 1. The molecule has 0 saturated carbocycles. The molecule has 18 heavy (non-hydrogen) atoms. The maximum atomic E-state index is 9.81. The molecule has 1 fully saturated rings. The van der Waals surface area contributed by atoms with Crippen LogP contribution in [0.1, 0.15) is 26.2 Å². The molecule has 0 aliphatic carbocycles. The van der Waals surface area contributed by atoms with Gasteiger partial charge in [-0.3, -0.25) is 0 Å². The second kappa shape index (κ2) is 6.21. The maximum absolute atomic E-state index is 9.81. The number of rotatable bonds is 4. The van der Waals surface area contributed by atoms with Crippen LogP contribution >= 0.6 is 0 Å². The average molecular weight is 248 g/mol. The van der Waals surface area contributed by atoms with E-state index in [1.807, 2.05) is 18.2 Å². The van der Waals surface area contributed by atoms with Gasteiger partial charge in [0.2, 0.25) is 0 Å². The number of nitrogens with one attached hydrogen (secondary N) is 1. The second-order valence-corrected chi connectivity index (χ2v) is 5.22. The monoisotopic (exact) mass is 248 g/mol. The lowest BCUT2D eigenvalue weighted by atomic mass is 9.91. The lowest BCUT2D eigenvalue weighted by Gasteiger charge is -2.33. The Morgan fingerprint density at radius 3 is 2.67 bits per heavy atom. The fraction of sp³-hybridized carbons (Fsp3) is 0.600. The molecule has 1 saturated heterocycles. The number of hydrogen-bond acceptors (Lipinski definition) is 3. The quantitative estimate of drug-likeness (QED) is 0.858. The zero-order valence-corrected chi connectivity index (χ0v) is 11.2. The Kier molecular flexibility index (Phi) is 4.61. The Hall–Kier alpha value is -1.06. The third-order valence-corrected chi connectivity index (χ3v) is 3.97. The van der Waals surface area contributed by atoms with Gasteiger partial charge in [-0.05, 0) is 44.5 Å². The van der Waals surface area contributed by atoms with Gasteiger partial charge in [0.1, 0.15) is 0 Å². The van der Waals surface area contributed by atoms with Gasteiger partial charge in [0, 0.05) is 12.2 Å². The number of nitrogens with zero attached hydrogens (tertiary/aromatic N) is 1. The van der Waals surface area contributed by atoms with Crippen molar-refractivity contribution in [3.63, 3.8) is 0 Å². The first-order chi connectivity index (χ1) is 8.78. The maximum Gasteiger partial charge on any atom is 0.0662 e. The number of hydrogen-bond donors (Lipinski definition) is 2. The molecule has 0 aromatic heterocycles. The molecule has 1 aliphatic heterocycles. The van der Waals surface area contributed by atoms with Gasteiger partial charge in [-0.25, -0.2) is 0 Å². The van der Waals surface area contributed by atoms with E-state index in [2.05, 4.69) is 29.3 Å². The molecule has 2 rings (SSSR count). The van der Waals surface area contributed by atoms with Crippen molar-refractivity contribution in [2.24, 2.45) is 0 Å². The first-order valence-corrected chi connectivity index (χ1v) is 6.94. The van der Waals surface area contributed by atoms with Gasteiger partial charge in [0.15, 0.2) is 0 Å². The summed E-state index contributed by atoms with van der Waals surface area (Å²) in [7, 11) is 0. The minimum absolute atomic E-state index is 0.148. The highest BCUT2D eigenvalue weighted by Gasteiger charge is 2.31. The first kappa shape index (κ1) is 13.4. The minimum Gasteiger partial charge on any atom is -0.394 e. The molecule has 1 unspecified atom stereocenters. The van der Waals surface area contributed by atoms with E-state index in [-0.39, 0.29) is 12.1 Å². The highest BCUT2D eigenvalue weighted by molar-refractivity contribution is 5.45. The van der Waals surface area contributed by atoms with Crippen molar-refractivity contribution >= 4 is 5.69 Å². The summed E-state index contributed by atoms with van der Waals surface area (Å²) >= 11 is 0. The molecule has 1 aromatic carbocycles. The van der Waals surface area contributed by atoms with Gasteiger partial charge in [-0.15, -0.1) is 0 Å². The topological polar surface area (TPSA) is 35.5 Å². The van der Waals surface area contributed by atoms with Crippen LogP contribution in [-0.4, -0.2) is 41.8 Å². The summed E-state index contributed by atoms with van der Waals surface area (Å²) in [5.74, 6) is 0. The molecule has 2 N–H and O–H groups in total. The summed E-state index contributed by atoms with van der Waals surface area (Å²) in [6.45, 7) is 5.73. The van der Waals surface area contributed by atoms with Gasteiger partial charge < -0.3 is 15.3 Å².